The van der Waals surface area contributed by atoms with Gasteiger partial charge in [0.05, 0.1) is 0 Å². The zero-order valence-electron chi connectivity index (χ0n) is 6.23. The van der Waals surface area contributed by atoms with E-state index in [0.29, 0.717) is 5.56 Å². The molecule has 12 heavy (non-hydrogen) atoms. The molecule has 0 spiro atoms. The van der Waals surface area contributed by atoms with Gasteiger partial charge in [0, 0.05) is 5.56 Å². The minimum atomic E-state index is -0.965. The summed E-state index contributed by atoms with van der Waals surface area (Å²) in [6.07, 6.45) is 1.53. The molecule has 0 bridgehead atoms. The smallest absolute Gasteiger partial charge is 0.220 e. The molecule has 3 heteroatoms. The van der Waals surface area contributed by atoms with Gasteiger partial charge in [-0.05, 0) is 0 Å². The molecule has 1 atom stereocenters. The van der Waals surface area contributed by atoms with Crippen LogP contribution in [0.5, 0.6) is 0 Å². The molecule has 0 heterocycles. The molecule has 0 saturated heterocycles. The van der Waals surface area contributed by atoms with Gasteiger partial charge in [-0.3, -0.25) is 9.59 Å². The Hall–Kier alpha value is -1.09. The Bertz CT molecular complexity index is 282. The number of benzene rings is 1. The predicted octanol–water partition coefficient (Wildman–Crippen LogP) is 1.28. The van der Waals surface area contributed by atoms with E-state index >= 15 is 0 Å². The summed E-state index contributed by atoms with van der Waals surface area (Å²) in [7, 11) is 0. The summed E-state index contributed by atoms with van der Waals surface area (Å²) in [6, 6.07) is 8.55. The fourth-order valence-electron chi connectivity index (χ4n) is 0.814. The number of Topliss-reactive ketones (excluding diaryl/α,β-unsaturated/α-hetero) is 1. The second kappa shape index (κ2) is 4.07. The Morgan fingerprint density at radius 2 is 1.92 bits per heavy atom. The van der Waals surface area contributed by atoms with Crippen LogP contribution in [0.3, 0.4) is 0 Å². The van der Waals surface area contributed by atoms with Crippen molar-refractivity contribution in [3.8, 4) is 0 Å². The van der Waals surface area contributed by atoms with Gasteiger partial charge in [-0.2, -0.15) is 12.6 Å². The van der Waals surface area contributed by atoms with E-state index in [1.54, 1.807) is 30.3 Å². The molecule has 1 rings (SSSR count). The van der Waals surface area contributed by atoms with Crippen LogP contribution >= 0.6 is 12.6 Å². The molecule has 2 nitrogen and oxygen atoms in total. The van der Waals surface area contributed by atoms with Gasteiger partial charge in [0.15, 0.2) is 5.78 Å². The van der Waals surface area contributed by atoms with Crippen molar-refractivity contribution in [2.24, 2.45) is 0 Å². The Labute approximate surface area is 76.0 Å². The topological polar surface area (TPSA) is 34.1 Å². The molecule has 0 aliphatic carbocycles. The molecule has 1 radical (unpaired) electrons. The normalized spacial score (nSPS) is 12.1. The second-order valence-electron chi connectivity index (χ2n) is 2.25. The Kier molecular flexibility index (Phi) is 3.05. The number of hydrogen-bond donors (Lipinski definition) is 1. The summed E-state index contributed by atoms with van der Waals surface area (Å²) in [4.78, 5) is 21.3. The highest BCUT2D eigenvalue weighted by Gasteiger charge is 2.14. The van der Waals surface area contributed by atoms with Crippen LogP contribution in [0.4, 0.5) is 0 Å². The van der Waals surface area contributed by atoms with E-state index < -0.39 is 5.25 Å². The van der Waals surface area contributed by atoms with Gasteiger partial charge in [-0.1, -0.05) is 30.3 Å². The zero-order valence-corrected chi connectivity index (χ0v) is 7.12. The third-order valence-corrected chi connectivity index (χ3v) is 1.76. The Morgan fingerprint density at radius 1 is 1.33 bits per heavy atom. The molecule has 0 amide bonds. The summed E-state index contributed by atoms with van der Waals surface area (Å²) >= 11 is 3.76. The maximum atomic E-state index is 11.2. The SMILES string of the molecule is O=[C]C(S)C(=O)c1ccccc1. The first-order chi connectivity index (χ1) is 5.75. The van der Waals surface area contributed by atoms with Gasteiger partial charge >= 0.3 is 0 Å². The van der Waals surface area contributed by atoms with Crippen molar-refractivity contribution in [2.45, 2.75) is 5.25 Å². The van der Waals surface area contributed by atoms with E-state index in [2.05, 4.69) is 12.6 Å². The van der Waals surface area contributed by atoms with E-state index in [-0.39, 0.29) is 5.78 Å². The lowest BCUT2D eigenvalue weighted by Crippen LogP contribution is -2.15. The van der Waals surface area contributed by atoms with Gasteiger partial charge in [-0.15, -0.1) is 0 Å². The highest BCUT2D eigenvalue weighted by molar-refractivity contribution is 7.82. The van der Waals surface area contributed by atoms with Crippen molar-refractivity contribution in [1.29, 1.82) is 0 Å². The first-order valence-corrected chi connectivity index (χ1v) is 3.92. The number of hydrogen-bond acceptors (Lipinski definition) is 3. The van der Waals surface area contributed by atoms with Crippen LogP contribution in [0.15, 0.2) is 30.3 Å². The van der Waals surface area contributed by atoms with E-state index in [1.807, 2.05) is 0 Å². The largest absolute Gasteiger partial charge is 0.292 e. The molecule has 0 aliphatic heterocycles. The maximum Gasteiger partial charge on any atom is 0.220 e. The molecule has 1 unspecified atom stereocenters. The maximum absolute atomic E-state index is 11.2. The standard InChI is InChI=1S/C9H7O2S/c10-6-8(12)9(11)7-4-2-1-3-5-7/h1-5,8,12H. The lowest BCUT2D eigenvalue weighted by atomic mass is 10.1. The van der Waals surface area contributed by atoms with Crippen molar-refractivity contribution in [1.82, 2.24) is 0 Å². The Morgan fingerprint density at radius 3 is 2.42 bits per heavy atom. The molecular formula is C9H7O2S. The van der Waals surface area contributed by atoms with Crippen molar-refractivity contribution < 1.29 is 9.59 Å². The highest BCUT2D eigenvalue weighted by Crippen LogP contribution is 2.05. The molecule has 0 aromatic heterocycles. The monoisotopic (exact) mass is 179 g/mol. The predicted molar refractivity (Wildman–Crippen MR) is 49.2 cm³/mol. The van der Waals surface area contributed by atoms with E-state index in [4.69, 9.17) is 0 Å². The molecule has 1 aromatic rings. The Balaban J connectivity index is 2.85. The van der Waals surface area contributed by atoms with Gasteiger partial charge in [0.2, 0.25) is 6.29 Å². The highest BCUT2D eigenvalue weighted by atomic mass is 32.1. The van der Waals surface area contributed by atoms with Crippen LogP contribution in [0.2, 0.25) is 0 Å². The first-order valence-electron chi connectivity index (χ1n) is 3.40. The summed E-state index contributed by atoms with van der Waals surface area (Å²) in [5, 5.41) is -0.965. The molecule has 1 aromatic carbocycles. The van der Waals surface area contributed by atoms with Gasteiger partial charge in [0.25, 0.3) is 0 Å². The van der Waals surface area contributed by atoms with E-state index in [1.165, 1.54) is 6.29 Å². The number of rotatable bonds is 3. The lowest BCUT2D eigenvalue weighted by Gasteiger charge is -1.99. The van der Waals surface area contributed by atoms with Crippen molar-refractivity contribution in [2.75, 3.05) is 0 Å². The fraction of sp³-hybridized carbons (Fsp3) is 0.111. The minimum absolute atomic E-state index is 0.311. The number of thiol groups is 1. The quantitative estimate of drug-likeness (QED) is 0.431. The van der Waals surface area contributed by atoms with Crippen LogP contribution in [0.25, 0.3) is 0 Å². The van der Waals surface area contributed by atoms with Gasteiger partial charge < -0.3 is 0 Å². The fourth-order valence-corrected chi connectivity index (χ4v) is 0.963. The van der Waals surface area contributed by atoms with Crippen LogP contribution < -0.4 is 0 Å². The third kappa shape index (κ3) is 1.95. The molecule has 0 N–H and O–H groups in total. The number of ketones is 1. The van der Waals surface area contributed by atoms with Crippen molar-refractivity contribution >= 4 is 24.7 Å². The summed E-state index contributed by atoms with van der Waals surface area (Å²) < 4.78 is 0. The van der Waals surface area contributed by atoms with Crippen molar-refractivity contribution in [3.63, 3.8) is 0 Å². The summed E-state index contributed by atoms with van der Waals surface area (Å²) in [5.41, 5.74) is 0.487. The lowest BCUT2D eigenvalue weighted by molar-refractivity contribution is 0.101. The van der Waals surface area contributed by atoms with Crippen LogP contribution in [0.1, 0.15) is 10.4 Å². The molecule has 0 aliphatic rings. The summed E-state index contributed by atoms with van der Waals surface area (Å²) in [6.45, 7) is 0. The molecular weight excluding hydrogens is 172 g/mol. The second-order valence-corrected chi connectivity index (χ2v) is 2.77. The van der Waals surface area contributed by atoms with Gasteiger partial charge in [0.1, 0.15) is 5.25 Å². The zero-order chi connectivity index (χ0) is 8.97. The first kappa shape index (κ1) is 9.00. The average molecular weight is 179 g/mol. The van der Waals surface area contributed by atoms with Gasteiger partial charge in [-0.25, -0.2) is 0 Å². The molecule has 61 valence electrons. The number of carbonyl (C=O) groups excluding carboxylic acids is 2. The third-order valence-electron chi connectivity index (χ3n) is 1.42. The average Bonchev–Trinajstić information content (AvgIpc) is 2.17. The van der Waals surface area contributed by atoms with E-state index in [9.17, 15) is 9.59 Å². The molecule has 0 saturated carbocycles. The summed E-state index contributed by atoms with van der Waals surface area (Å²) in [5.74, 6) is -0.311. The van der Waals surface area contributed by atoms with Crippen LogP contribution in [-0.2, 0) is 4.79 Å². The van der Waals surface area contributed by atoms with Crippen LogP contribution in [0, 0.1) is 0 Å². The molecule has 0 fully saturated rings. The minimum Gasteiger partial charge on any atom is -0.292 e. The van der Waals surface area contributed by atoms with Crippen molar-refractivity contribution in [3.05, 3.63) is 35.9 Å². The van der Waals surface area contributed by atoms with E-state index in [0.717, 1.165) is 0 Å². The number of carbonyl (C=O) groups is 1. The van der Waals surface area contributed by atoms with Crippen LogP contribution in [-0.4, -0.2) is 17.3 Å².